The number of carbonyl (C=O) groups is 2. The Balaban J connectivity index is 1.66. The molecule has 0 saturated carbocycles. The number of hydrogen-bond donors (Lipinski definition) is 3. The van der Waals surface area contributed by atoms with Gasteiger partial charge in [0, 0.05) is 10.8 Å². The Bertz CT molecular complexity index is 838. The predicted octanol–water partition coefficient (Wildman–Crippen LogP) is 7.11. The Morgan fingerprint density at radius 1 is 0.639 bits per heavy atom. The zero-order valence-corrected chi connectivity index (χ0v) is 22.0. The fourth-order valence-corrected chi connectivity index (χ4v) is 5.31. The number of hydrogen-bond acceptors (Lipinski definition) is 3. The van der Waals surface area contributed by atoms with Crippen molar-refractivity contribution in [1.29, 1.82) is 0 Å². The van der Waals surface area contributed by atoms with Crippen LogP contribution in [-0.2, 0) is 20.4 Å². The molecule has 2 aromatic rings. The summed E-state index contributed by atoms with van der Waals surface area (Å²) in [4.78, 5) is 22.9. The molecule has 0 fully saturated rings. The van der Waals surface area contributed by atoms with Gasteiger partial charge >= 0.3 is 11.9 Å². The third-order valence-electron chi connectivity index (χ3n) is 7.56. The number of aliphatic hydroxyl groups is 1. The van der Waals surface area contributed by atoms with Gasteiger partial charge in [-0.3, -0.25) is 9.59 Å². The smallest absolute Gasteiger partial charge is 0.304 e. The Morgan fingerprint density at radius 2 is 1.00 bits per heavy atom. The molecule has 0 spiro atoms. The summed E-state index contributed by atoms with van der Waals surface area (Å²) in [5.41, 5.74) is 1.39. The van der Waals surface area contributed by atoms with E-state index in [9.17, 15) is 24.9 Å². The number of unbranched alkanes of at least 4 members (excludes halogenated alkanes) is 4. The molecule has 5 heteroatoms. The summed E-state index contributed by atoms with van der Waals surface area (Å²) in [5, 5.41) is 29.2. The van der Waals surface area contributed by atoms with Gasteiger partial charge in [0.2, 0.25) is 0 Å². The van der Waals surface area contributed by atoms with Gasteiger partial charge in [-0.25, -0.2) is 0 Å². The Kier molecular flexibility index (Phi) is 12.1. The van der Waals surface area contributed by atoms with Crippen LogP contribution in [0.2, 0.25) is 0 Å². The molecule has 0 aromatic heterocycles. The number of rotatable bonds is 18. The van der Waals surface area contributed by atoms with Gasteiger partial charge in [-0.2, -0.15) is 0 Å². The minimum atomic E-state index is -0.774. The van der Waals surface area contributed by atoms with Gasteiger partial charge in [0.15, 0.2) is 0 Å². The van der Waals surface area contributed by atoms with E-state index in [4.69, 9.17) is 0 Å². The van der Waals surface area contributed by atoms with Gasteiger partial charge in [-0.05, 0) is 36.8 Å². The van der Waals surface area contributed by atoms with Crippen molar-refractivity contribution in [3.05, 3.63) is 71.8 Å². The molecule has 198 valence electrons. The van der Waals surface area contributed by atoms with Crippen LogP contribution < -0.4 is 0 Å². The molecular formula is C31H44O5. The van der Waals surface area contributed by atoms with Gasteiger partial charge in [-0.1, -0.05) is 113 Å². The van der Waals surface area contributed by atoms with E-state index in [1.54, 1.807) is 0 Å². The van der Waals surface area contributed by atoms with Crippen LogP contribution in [0.1, 0.15) is 102 Å². The van der Waals surface area contributed by atoms with Crippen molar-refractivity contribution in [2.45, 2.75) is 108 Å². The van der Waals surface area contributed by atoms with Crippen LogP contribution in [0.25, 0.3) is 0 Å². The minimum absolute atomic E-state index is 0.120. The molecule has 2 rings (SSSR count). The van der Waals surface area contributed by atoms with Crippen molar-refractivity contribution in [1.82, 2.24) is 0 Å². The second-order valence-electron chi connectivity index (χ2n) is 10.8. The van der Waals surface area contributed by atoms with Crippen molar-refractivity contribution in [2.24, 2.45) is 0 Å². The van der Waals surface area contributed by atoms with E-state index in [0.717, 1.165) is 75.3 Å². The summed E-state index contributed by atoms with van der Waals surface area (Å²) >= 11 is 0. The fourth-order valence-electron chi connectivity index (χ4n) is 5.31. The molecule has 0 saturated heterocycles. The summed E-state index contributed by atoms with van der Waals surface area (Å²) in [6.45, 7) is 4.06. The molecule has 36 heavy (non-hydrogen) atoms. The highest BCUT2D eigenvalue weighted by Gasteiger charge is 2.30. The number of carboxylic acid groups (broad SMARTS) is 2. The molecular weight excluding hydrogens is 452 g/mol. The van der Waals surface area contributed by atoms with Crippen molar-refractivity contribution >= 4 is 11.9 Å². The predicted molar refractivity (Wildman–Crippen MR) is 144 cm³/mol. The van der Waals surface area contributed by atoms with E-state index < -0.39 is 11.9 Å². The quantitative estimate of drug-likeness (QED) is 0.191. The first kappa shape index (κ1) is 29.6. The summed E-state index contributed by atoms with van der Waals surface area (Å²) in [7, 11) is 0. The highest BCUT2D eigenvalue weighted by Crippen LogP contribution is 2.34. The van der Waals surface area contributed by atoms with E-state index >= 15 is 0 Å². The molecule has 0 heterocycles. The molecule has 0 bridgehead atoms. The Morgan fingerprint density at radius 3 is 1.33 bits per heavy atom. The highest BCUT2D eigenvalue weighted by atomic mass is 16.4. The van der Waals surface area contributed by atoms with Crippen LogP contribution in [0.15, 0.2) is 60.7 Å². The molecule has 2 aromatic carbocycles. The molecule has 0 radical (unpaired) electrons. The maximum absolute atomic E-state index is 11.4. The highest BCUT2D eigenvalue weighted by molar-refractivity contribution is 5.69. The summed E-state index contributed by atoms with van der Waals surface area (Å²) in [6, 6.07) is 19.8. The van der Waals surface area contributed by atoms with Crippen molar-refractivity contribution in [3.63, 3.8) is 0 Å². The number of aliphatic hydroxyl groups excluding tert-OH is 1. The van der Waals surface area contributed by atoms with E-state index in [1.165, 1.54) is 0 Å². The molecule has 0 aliphatic carbocycles. The third-order valence-corrected chi connectivity index (χ3v) is 7.56. The SMILES string of the molecule is CC(CCCCCC(O)CCCCCC(C)(CC(=O)O)c1ccccc1)(CC(=O)O)c1ccccc1. The van der Waals surface area contributed by atoms with Crippen molar-refractivity contribution in [3.8, 4) is 0 Å². The van der Waals surface area contributed by atoms with E-state index in [0.29, 0.717) is 0 Å². The first-order valence-electron chi connectivity index (χ1n) is 13.4. The second-order valence-corrected chi connectivity index (χ2v) is 10.8. The monoisotopic (exact) mass is 496 g/mol. The first-order chi connectivity index (χ1) is 17.1. The van der Waals surface area contributed by atoms with Crippen LogP contribution >= 0.6 is 0 Å². The van der Waals surface area contributed by atoms with Crippen molar-refractivity contribution in [2.75, 3.05) is 0 Å². The van der Waals surface area contributed by atoms with E-state index in [2.05, 4.69) is 0 Å². The van der Waals surface area contributed by atoms with Crippen molar-refractivity contribution < 1.29 is 24.9 Å². The molecule has 3 N–H and O–H groups in total. The van der Waals surface area contributed by atoms with Crippen LogP contribution in [0.4, 0.5) is 0 Å². The van der Waals surface area contributed by atoms with Gasteiger partial charge in [0.05, 0.1) is 18.9 Å². The van der Waals surface area contributed by atoms with E-state index in [-0.39, 0.29) is 29.8 Å². The average Bonchev–Trinajstić information content (AvgIpc) is 2.84. The largest absolute Gasteiger partial charge is 0.481 e. The number of benzene rings is 2. The zero-order chi connectivity index (χ0) is 26.4. The van der Waals surface area contributed by atoms with Gasteiger partial charge in [0.25, 0.3) is 0 Å². The Labute approximate surface area is 216 Å². The number of carboxylic acids is 2. The molecule has 2 atom stereocenters. The molecule has 2 unspecified atom stereocenters. The van der Waals surface area contributed by atoms with Gasteiger partial charge in [-0.15, -0.1) is 0 Å². The topological polar surface area (TPSA) is 94.8 Å². The first-order valence-corrected chi connectivity index (χ1v) is 13.4. The molecule has 0 amide bonds. The lowest BCUT2D eigenvalue weighted by atomic mass is 9.75. The van der Waals surface area contributed by atoms with Crippen LogP contribution in [-0.4, -0.2) is 33.4 Å². The molecule has 5 nitrogen and oxygen atoms in total. The van der Waals surface area contributed by atoms with Gasteiger partial charge < -0.3 is 15.3 Å². The van der Waals surface area contributed by atoms with Crippen LogP contribution in [0, 0.1) is 0 Å². The minimum Gasteiger partial charge on any atom is -0.481 e. The lowest BCUT2D eigenvalue weighted by Gasteiger charge is -2.29. The van der Waals surface area contributed by atoms with Crippen LogP contribution in [0.5, 0.6) is 0 Å². The Hall–Kier alpha value is -2.66. The summed E-state index contributed by atoms with van der Waals surface area (Å²) < 4.78 is 0. The third kappa shape index (κ3) is 10.1. The van der Waals surface area contributed by atoms with E-state index in [1.807, 2.05) is 74.5 Å². The maximum atomic E-state index is 11.4. The second kappa shape index (κ2) is 14.8. The summed E-state index contributed by atoms with van der Waals surface area (Å²) in [6.07, 6.45) is 8.78. The fraction of sp³-hybridized carbons (Fsp3) is 0.548. The van der Waals surface area contributed by atoms with Crippen LogP contribution in [0.3, 0.4) is 0 Å². The normalized spacial score (nSPS) is 15.5. The maximum Gasteiger partial charge on any atom is 0.304 e. The lowest BCUT2D eigenvalue weighted by molar-refractivity contribution is -0.139. The molecule has 0 aliphatic rings. The molecule has 0 aliphatic heterocycles. The number of aliphatic carboxylic acids is 2. The summed E-state index contributed by atoms with van der Waals surface area (Å²) in [5.74, 6) is -1.55. The standard InChI is InChI=1S/C31H44O5/c1-30(23-28(33)34,25-15-7-3-8-16-25)21-13-5-11-19-27(32)20-12-6-14-22-31(2,24-29(35)36)26-17-9-4-10-18-26/h3-4,7-10,15-18,27,32H,5-6,11-14,19-24H2,1-2H3,(H,33,34)(H,35,36). The lowest BCUT2D eigenvalue weighted by Crippen LogP contribution is -2.25. The average molecular weight is 497 g/mol. The van der Waals surface area contributed by atoms with Gasteiger partial charge in [0.1, 0.15) is 0 Å². The zero-order valence-electron chi connectivity index (χ0n) is 22.0.